The minimum Gasteiger partial charge on any atom is -0.294 e. The molecule has 2 aromatic heterocycles. The minimum atomic E-state index is 0.703. The van der Waals surface area contributed by atoms with Crippen LogP contribution in [0.1, 0.15) is 0 Å². The first-order valence-electron chi connectivity index (χ1n) is 14.5. The molecule has 0 aliphatic heterocycles. The highest BCUT2D eigenvalue weighted by Crippen LogP contribution is 2.40. The van der Waals surface area contributed by atoms with E-state index in [9.17, 15) is 0 Å². The van der Waals surface area contributed by atoms with E-state index in [0.717, 1.165) is 55.6 Å². The highest BCUT2D eigenvalue weighted by atomic mass is 15.1. The lowest BCUT2D eigenvalue weighted by Crippen LogP contribution is -2.00. The fourth-order valence-electron chi connectivity index (χ4n) is 6.02. The Balaban J connectivity index is 1.44. The highest BCUT2D eigenvalue weighted by Gasteiger charge is 2.21. The van der Waals surface area contributed by atoms with Crippen LogP contribution in [0.15, 0.2) is 164 Å². The van der Waals surface area contributed by atoms with Crippen molar-refractivity contribution in [2.24, 2.45) is 0 Å². The maximum atomic E-state index is 5.36. The molecule has 6 aromatic carbocycles. The maximum absolute atomic E-state index is 5.36. The van der Waals surface area contributed by atoms with Crippen molar-refractivity contribution in [3.63, 3.8) is 0 Å². The highest BCUT2D eigenvalue weighted by molar-refractivity contribution is 6.14. The molecule has 3 heteroatoms. The maximum Gasteiger partial charge on any atom is 0.162 e. The topological polar surface area (TPSA) is 30.7 Å². The van der Waals surface area contributed by atoms with Crippen molar-refractivity contribution >= 4 is 21.9 Å². The first-order chi connectivity index (χ1) is 21.3. The molecule has 0 fully saturated rings. The monoisotopic (exact) mass is 549 g/mol. The van der Waals surface area contributed by atoms with Crippen molar-refractivity contribution < 1.29 is 0 Å². The van der Waals surface area contributed by atoms with E-state index >= 15 is 0 Å². The molecule has 8 rings (SSSR count). The van der Waals surface area contributed by atoms with Gasteiger partial charge in [-0.25, -0.2) is 9.97 Å². The lowest BCUT2D eigenvalue weighted by Gasteiger charge is -2.13. The SMILES string of the molecule is c1ccc(-c2ccc(-c3nc(-c4ccccc4-c4ccccc4)nc4c3c3ccccc3n4-c3ccccc3)cc2)cc1. The van der Waals surface area contributed by atoms with Crippen molar-refractivity contribution in [1.29, 1.82) is 0 Å². The van der Waals surface area contributed by atoms with E-state index in [1.807, 2.05) is 18.2 Å². The third kappa shape index (κ3) is 4.39. The summed E-state index contributed by atoms with van der Waals surface area (Å²) in [7, 11) is 0. The Labute approximate surface area is 250 Å². The first-order valence-corrected chi connectivity index (χ1v) is 14.5. The Kier molecular flexibility index (Phi) is 6.12. The molecule has 2 heterocycles. The van der Waals surface area contributed by atoms with Gasteiger partial charge in [0.05, 0.1) is 16.6 Å². The van der Waals surface area contributed by atoms with Crippen molar-refractivity contribution in [2.75, 3.05) is 0 Å². The van der Waals surface area contributed by atoms with Crippen LogP contribution in [0, 0.1) is 0 Å². The van der Waals surface area contributed by atoms with E-state index in [2.05, 4.69) is 150 Å². The van der Waals surface area contributed by atoms with Crippen LogP contribution in [0.4, 0.5) is 0 Å². The molecule has 0 saturated carbocycles. The number of hydrogen-bond donors (Lipinski definition) is 0. The smallest absolute Gasteiger partial charge is 0.162 e. The molecule has 0 radical (unpaired) electrons. The van der Waals surface area contributed by atoms with Gasteiger partial charge in [-0.3, -0.25) is 4.57 Å². The molecule has 202 valence electrons. The molecule has 0 aliphatic carbocycles. The van der Waals surface area contributed by atoms with Gasteiger partial charge in [0.2, 0.25) is 0 Å². The lowest BCUT2D eigenvalue weighted by molar-refractivity contribution is 1.11. The Bertz CT molecular complexity index is 2200. The molecular formula is C40H27N3. The zero-order chi connectivity index (χ0) is 28.6. The van der Waals surface area contributed by atoms with Gasteiger partial charge in [-0.15, -0.1) is 0 Å². The number of nitrogens with zero attached hydrogens (tertiary/aromatic N) is 3. The number of aromatic nitrogens is 3. The average molecular weight is 550 g/mol. The third-order valence-electron chi connectivity index (χ3n) is 8.05. The summed E-state index contributed by atoms with van der Waals surface area (Å²) >= 11 is 0. The van der Waals surface area contributed by atoms with Crippen LogP contribution in [0.5, 0.6) is 0 Å². The second kappa shape index (κ2) is 10.6. The van der Waals surface area contributed by atoms with Crippen LogP contribution in [0.3, 0.4) is 0 Å². The summed E-state index contributed by atoms with van der Waals surface area (Å²) in [6.07, 6.45) is 0. The van der Waals surface area contributed by atoms with E-state index < -0.39 is 0 Å². The van der Waals surface area contributed by atoms with Gasteiger partial charge in [0, 0.05) is 22.2 Å². The van der Waals surface area contributed by atoms with Gasteiger partial charge in [0.1, 0.15) is 5.65 Å². The molecule has 0 saturated heterocycles. The summed E-state index contributed by atoms with van der Waals surface area (Å²) in [6.45, 7) is 0. The summed E-state index contributed by atoms with van der Waals surface area (Å²) in [4.78, 5) is 10.7. The predicted octanol–water partition coefficient (Wildman–Crippen LogP) is 10.2. The molecule has 0 unspecified atom stereocenters. The van der Waals surface area contributed by atoms with Gasteiger partial charge >= 0.3 is 0 Å². The Morgan fingerprint density at radius 3 is 1.65 bits per heavy atom. The fraction of sp³-hybridized carbons (Fsp3) is 0. The zero-order valence-electron chi connectivity index (χ0n) is 23.4. The van der Waals surface area contributed by atoms with Crippen LogP contribution < -0.4 is 0 Å². The molecule has 0 spiro atoms. The molecule has 0 atom stereocenters. The van der Waals surface area contributed by atoms with E-state index in [1.165, 1.54) is 11.1 Å². The molecule has 8 aromatic rings. The molecule has 0 amide bonds. The van der Waals surface area contributed by atoms with Gasteiger partial charge in [0.15, 0.2) is 5.82 Å². The molecule has 3 nitrogen and oxygen atoms in total. The summed E-state index contributed by atoms with van der Waals surface area (Å²) < 4.78 is 2.27. The van der Waals surface area contributed by atoms with Crippen LogP contribution in [-0.4, -0.2) is 14.5 Å². The summed E-state index contributed by atoms with van der Waals surface area (Å²) in [5.74, 6) is 0.703. The van der Waals surface area contributed by atoms with Gasteiger partial charge < -0.3 is 0 Å². The summed E-state index contributed by atoms with van der Waals surface area (Å²) in [5, 5.41) is 2.18. The van der Waals surface area contributed by atoms with Crippen molar-refractivity contribution in [3.05, 3.63) is 164 Å². The van der Waals surface area contributed by atoms with Crippen LogP contribution in [0.25, 0.3) is 72.5 Å². The molecule has 0 bridgehead atoms. The van der Waals surface area contributed by atoms with Crippen molar-refractivity contribution in [1.82, 2.24) is 14.5 Å². The van der Waals surface area contributed by atoms with Crippen molar-refractivity contribution in [2.45, 2.75) is 0 Å². The summed E-state index contributed by atoms with van der Waals surface area (Å²) in [6, 6.07) is 57.1. The van der Waals surface area contributed by atoms with Crippen LogP contribution in [0.2, 0.25) is 0 Å². The molecule has 0 N–H and O–H groups in total. The van der Waals surface area contributed by atoms with Gasteiger partial charge in [-0.05, 0) is 40.5 Å². The van der Waals surface area contributed by atoms with Crippen LogP contribution >= 0.6 is 0 Å². The first kappa shape index (κ1) is 25.0. The quantitative estimate of drug-likeness (QED) is 0.214. The lowest BCUT2D eigenvalue weighted by atomic mass is 9.98. The van der Waals surface area contributed by atoms with Gasteiger partial charge in [0.25, 0.3) is 0 Å². The number of fused-ring (bicyclic) bond motifs is 3. The number of rotatable bonds is 5. The van der Waals surface area contributed by atoms with Gasteiger partial charge in [-0.2, -0.15) is 0 Å². The van der Waals surface area contributed by atoms with E-state index in [0.29, 0.717) is 5.82 Å². The average Bonchev–Trinajstić information content (AvgIpc) is 3.43. The number of benzene rings is 6. The Morgan fingerprint density at radius 2 is 0.930 bits per heavy atom. The van der Waals surface area contributed by atoms with Crippen LogP contribution in [-0.2, 0) is 0 Å². The second-order valence-electron chi connectivity index (χ2n) is 10.6. The number of hydrogen-bond acceptors (Lipinski definition) is 2. The Morgan fingerprint density at radius 1 is 0.395 bits per heavy atom. The predicted molar refractivity (Wildman–Crippen MR) is 178 cm³/mol. The standard InChI is InChI=1S/C40H27N3/c1-4-14-28(15-5-1)29-24-26-31(27-25-29)38-37-35-22-12-13-23-36(35)43(32-18-8-3-9-19-32)40(37)42-39(41-38)34-21-11-10-20-33(34)30-16-6-2-7-17-30/h1-27H. The third-order valence-corrected chi connectivity index (χ3v) is 8.05. The second-order valence-corrected chi connectivity index (χ2v) is 10.6. The minimum absolute atomic E-state index is 0.703. The molecule has 0 aliphatic rings. The zero-order valence-corrected chi connectivity index (χ0v) is 23.4. The van der Waals surface area contributed by atoms with E-state index in [-0.39, 0.29) is 0 Å². The van der Waals surface area contributed by atoms with Gasteiger partial charge in [-0.1, -0.05) is 146 Å². The molecular weight excluding hydrogens is 522 g/mol. The Hall–Kier alpha value is -5.80. The number of para-hydroxylation sites is 2. The van der Waals surface area contributed by atoms with Crippen molar-refractivity contribution in [3.8, 4) is 50.6 Å². The normalized spacial score (nSPS) is 11.3. The largest absolute Gasteiger partial charge is 0.294 e. The van der Waals surface area contributed by atoms with E-state index in [4.69, 9.17) is 9.97 Å². The van der Waals surface area contributed by atoms with E-state index in [1.54, 1.807) is 0 Å². The summed E-state index contributed by atoms with van der Waals surface area (Å²) in [5.41, 5.74) is 10.7. The molecule has 43 heavy (non-hydrogen) atoms. The fourth-order valence-corrected chi connectivity index (χ4v) is 6.02.